The molecular weight excluding hydrogens is 286 g/mol. The quantitative estimate of drug-likeness (QED) is 0.876. The van der Waals surface area contributed by atoms with Crippen LogP contribution in [0.5, 0.6) is 0 Å². The van der Waals surface area contributed by atoms with Gasteiger partial charge in [-0.05, 0) is 41.9 Å². The smallest absolute Gasteiger partial charge is 0.223 e. The van der Waals surface area contributed by atoms with Gasteiger partial charge in [-0.1, -0.05) is 44.5 Å². The van der Waals surface area contributed by atoms with Crippen molar-refractivity contribution in [3.8, 4) is 0 Å². The molecule has 1 aromatic carbocycles. The summed E-state index contributed by atoms with van der Waals surface area (Å²) in [7, 11) is 0. The number of nitrogens with one attached hydrogen (secondary N) is 1. The van der Waals surface area contributed by atoms with Gasteiger partial charge < -0.3 is 10.4 Å². The first-order chi connectivity index (χ1) is 9.82. The van der Waals surface area contributed by atoms with Crippen LogP contribution in [0.1, 0.15) is 45.1 Å². The molecule has 1 saturated carbocycles. The summed E-state index contributed by atoms with van der Waals surface area (Å²) in [6.45, 7) is 6.33. The van der Waals surface area contributed by atoms with Crippen molar-refractivity contribution in [2.75, 3.05) is 6.61 Å². The molecule has 0 aliphatic heterocycles. The number of hydrogen-bond acceptors (Lipinski definition) is 2. The van der Waals surface area contributed by atoms with Crippen molar-refractivity contribution >= 4 is 17.5 Å². The number of rotatable bonds is 5. The molecule has 0 bridgehead atoms. The van der Waals surface area contributed by atoms with Crippen LogP contribution in [0.25, 0.3) is 0 Å². The lowest BCUT2D eigenvalue weighted by Gasteiger charge is -2.31. The van der Waals surface area contributed by atoms with Gasteiger partial charge in [0.15, 0.2) is 0 Å². The summed E-state index contributed by atoms with van der Waals surface area (Å²) >= 11 is 5.89. The predicted molar refractivity (Wildman–Crippen MR) is 85.4 cm³/mol. The molecule has 1 amide bonds. The SMILES string of the molecule is CC(C)(C)C(CCO)NC(=O)C1CC1c1ccc(Cl)cc1. The Kier molecular flexibility index (Phi) is 4.95. The van der Waals surface area contributed by atoms with Crippen LogP contribution in [0, 0.1) is 11.3 Å². The number of hydrogen-bond donors (Lipinski definition) is 2. The third kappa shape index (κ3) is 4.21. The predicted octanol–water partition coefficient (Wildman–Crippen LogP) is 3.36. The van der Waals surface area contributed by atoms with E-state index in [9.17, 15) is 4.79 Å². The highest BCUT2D eigenvalue weighted by atomic mass is 35.5. The molecule has 0 aromatic heterocycles. The lowest BCUT2D eigenvalue weighted by molar-refractivity contribution is -0.124. The standard InChI is InChI=1S/C17H24ClNO2/c1-17(2,3)15(8-9-20)19-16(21)14-10-13(14)11-4-6-12(18)7-5-11/h4-7,13-15,20H,8-10H2,1-3H3,(H,19,21). The molecule has 0 heterocycles. The Morgan fingerprint density at radius 3 is 2.52 bits per heavy atom. The molecule has 0 radical (unpaired) electrons. The maximum atomic E-state index is 12.4. The van der Waals surface area contributed by atoms with E-state index in [4.69, 9.17) is 16.7 Å². The van der Waals surface area contributed by atoms with E-state index in [1.54, 1.807) is 0 Å². The Labute approximate surface area is 131 Å². The molecule has 1 fully saturated rings. The first kappa shape index (κ1) is 16.3. The maximum Gasteiger partial charge on any atom is 0.223 e. The third-order valence-electron chi connectivity index (χ3n) is 4.21. The zero-order valence-electron chi connectivity index (χ0n) is 12.9. The molecule has 1 aliphatic rings. The van der Waals surface area contributed by atoms with Crippen molar-refractivity contribution in [3.63, 3.8) is 0 Å². The molecule has 1 aliphatic carbocycles. The molecule has 2 N–H and O–H groups in total. The number of carbonyl (C=O) groups excluding carboxylic acids is 1. The second kappa shape index (κ2) is 6.37. The van der Waals surface area contributed by atoms with Gasteiger partial charge in [-0.3, -0.25) is 4.79 Å². The van der Waals surface area contributed by atoms with Gasteiger partial charge >= 0.3 is 0 Å². The summed E-state index contributed by atoms with van der Waals surface area (Å²) in [6, 6.07) is 7.73. The van der Waals surface area contributed by atoms with Gasteiger partial charge in [0.1, 0.15) is 0 Å². The van der Waals surface area contributed by atoms with Gasteiger partial charge in [0.2, 0.25) is 5.91 Å². The topological polar surface area (TPSA) is 49.3 Å². The van der Waals surface area contributed by atoms with Crippen LogP contribution in [0.4, 0.5) is 0 Å². The summed E-state index contributed by atoms with van der Waals surface area (Å²) < 4.78 is 0. The summed E-state index contributed by atoms with van der Waals surface area (Å²) in [5.74, 6) is 0.454. The van der Waals surface area contributed by atoms with Crippen molar-refractivity contribution in [3.05, 3.63) is 34.9 Å². The normalized spacial score (nSPS) is 22.7. The second-order valence-electron chi connectivity index (χ2n) is 6.94. The van der Waals surface area contributed by atoms with Gasteiger partial charge in [-0.15, -0.1) is 0 Å². The molecule has 4 heteroatoms. The minimum atomic E-state index is -0.0525. The Balaban J connectivity index is 1.94. The molecule has 3 nitrogen and oxygen atoms in total. The summed E-state index contributed by atoms with van der Waals surface area (Å²) in [4.78, 5) is 12.4. The van der Waals surface area contributed by atoms with Crippen LogP contribution in [0.15, 0.2) is 24.3 Å². The molecule has 1 aromatic rings. The highest BCUT2D eigenvalue weighted by Crippen LogP contribution is 2.47. The van der Waals surface area contributed by atoms with E-state index in [2.05, 4.69) is 26.1 Å². The Bertz CT molecular complexity index is 493. The largest absolute Gasteiger partial charge is 0.396 e. The maximum absolute atomic E-state index is 12.4. The van der Waals surface area contributed by atoms with E-state index < -0.39 is 0 Å². The molecule has 0 spiro atoms. The minimum Gasteiger partial charge on any atom is -0.396 e. The van der Waals surface area contributed by atoms with E-state index in [1.807, 2.05) is 24.3 Å². The number of amides is 1. The molecule has 3 atom stereocenters. The highest BCUT2D eigenvalue weighted by Gasteiger charge is 2.44. The van der Waals surface area contributed by atoms with Gasteiger partial charge in [0.25, 0.3) is 0 Å². The third-order valence-corrected chi connectivity index (χ3v) is 4.46. The van der Waals surface area contributed by atoms with E-state index in [0.717, 1.165) is 11.4 Å². The molecule has 3 unspecified atom stereocenters. The number of carbonyl (C=O) groups is 1. The molecule has 0 saturated heterocycles. The molecule has 21 heavy (non-hydrogen) atoms. The van der Waals surface area contributed by atoms with Crippen molar-refractivity contribution < 1.29 is 9.90 Å². The zero-order valence-corrected chi connectivity index (χ0v) is 13.7. The average Bonchev–Trinajstić information content (AvgIpc) is 3.18. The fourth-order valence-corrected chi connectivity index (χ4v) is 2.82. The fourth-order valence-electron chi connectivity index (χ4n) is 2.69. The number of benzene rings is 1. The van der Waals surface area contributed by atoms with Crippen LogP contribution >= 0.6 is 11.6 Å². The highest BCUT2D eigenvalue weighted by molar-refractivity contribution is 6.30. The van der Waals surface area contributed by atoms with E-state index in [-0.39, 0.29) is 29.9 Å². The van der Waals surface area contributed by atoms with E-state index >= 15 is 0 Å². The first-order valence-electron chi connectivity index (χ1n) is 7.49. The lowest BCUT2D eigenvalue weighted by Crippen LogP contribution is -2.45. The van der Waals surface area contributed by atoms with Crippen molar-refractivity contribution in [1.29, 1.82) is 0 Å². The van der Waals surface area contributed by atoms with E-state index in [1.165, 1.54) is 5.56 Å². The van der Waals surface area contributed by atoms with Crippen LogP contribution in [0.2, 0.25) is 5.02 Å². The van der Waals surface area contributed by atoms with Crippen molar-refractivity contribution in [1.82, 2.24) is 5.32 Å². The summed E-state index contributed by atoms with van der Waals surface area (Å²) in [5, 5.41) is 13.0. The average molecular weight is 310 g/mol. The number of halogens is 1. The van der Waals surface area contributed by atoms with Gasteiger partial charge in [-0.25, -0.2) is 0 Å². The lowest BCUT2D eigenvalue weighted by atomic mass is 9.85. The van der Waals surface area contributed by atoms with Crippen molar-refractivity contribution in [2.45, 2.75) is 45.6 Å². The Morgan fingerprint density at radius 2 is 2.00 bits per heavy atom. The molecule has 116 valence electrons. The fraction of sp³-hybridized carbons (Fsp3) is 0.588. The number of aliphatic hydroxyl groups is 1. The van der Waals surface area contributed by atoms with Gasteiger partial charge in [0, 0.05) is 23.6 Å². The summed E-state index contributed by atoms with van der Waals surface area (Å²) in [5.41, 5.74) is 1.12. The summed E-state index contributed by atoms with van der Waals surface area (Å²) in [6.07, 6.45) is 1.48. The van der Waals surface area contributed by atoms with E-state index in [0.29, 0.717) is 12.3 Å². The second-order valence-corrected chi connectivity index (χ2v) is 7.38. The van der Waals surface area contributed by atoms with Crippen LogP contribution < -0.4 is 5.32 Å². The van der Waals surface area contributed by atoms with Crippen LogP contribution in [0.3, 0.4) is 0 Å². The van der Waals surface area contributed by atoms with Crippen LogP contribution in [-0.2, 0) is 4.79 Å². The monoisotopic (exact) mass is 309 g/mol. The van der Waals surface area contributed by atoms with Crippen molar-refractivity contribution in [2.24, 2.45) is 11.3 Å². The zero-order chi connectivity index (χ0) is 15.6. The van der Waals surface area contributed by atoms with Gasteiger partial charge in [-0.2, -0.15) is 0 Å². The minimum absolute atomic E-state index is 0.00136. The Morgan fingerprint density at radius 1 is 1.38 bits per heavy atom. The van der Waals surface area contributed by atoms with Crippen LogP contribution in [-0.4, -0.2) is 23.7 Å². The Hall–Kier alpha value is -1.06. The molecule has 2 rings (SSSR count). The number of aliphatic hydroxyl groups excluding tert-OH is 1. The first-order valence-corrected chi connectivity index (χ1v) is 7.87. The van der Waals surface area contributed by atoms with Gasteiger partial charge in [0.05, 0.1) is 0 Å². The molecular formula is C17H24ClNO2.